The topological polar surface area (TPSA) is 131 Å². The fraction of sp³-hybridized carbons (Fsp3) is 0.389. The summed E-state index contributed by atoms with van der Waals surface area (Å²) in [6, 6.07) is 25.9. The predicted molar refractivity (Wildman–Crippen MR) is 262 cm³/mol. The number of rotatable bonds is 14. The van der Waals surface area contributed by atoms with Crippen molar-refractivity contribution < 1.29 is 22.4 Å². The molecule has 2 aromatic heterocycles. The average molecular weight is 945 g/mol. The highest BCUT2D eigenvalue weighted by atomic mass is 19.1. The molecule has 4 atom stereocenters. The molecule has 3 N–H and O–H groups in total. The van der Waals surface area contributed by atoms with E-state index in [-0.39, 0.29) is 34.4 Å². The van der Waals surface area contributed by atoms with Gasteiger partial charge in [0.25, 0.3) is 11.1 Å². The molecule has 0 bridgehead atoms. The van der Waals surface area contributed by atoms with Crippen LogP contribution in [0.3, 0.4) is 0 Å². The summed E-state index contributed by atoms with van der Waals surface area (Å²) in [6.07, 6.45) is 15.4. The van der Waals surface area contributed by atoms with Crippen LogP contribution < -0.4 is 32.0 Å². The maximum absolute atomic E-state index is 13.5. The highest BCUT2D eigenvalue weighted by Gasteiger charge is 2.37. The zero-order valence-electron chi connectivity index (χ0n) is 38.8. The van der Waals surface area contributed by atoms with Gasteiger partial charge in [0, 0.05) is 80.3 Å². The second-order valence-corrected chi connectivity index (χ2v) is 18.3. The largest absolute Gasteiger partial charge is 0.352 e. The number of hydrogen-bond acceptors (Lipinski definition) is 9. The summed E-state index contributed by atoms with van der Waals surface area (Å²) < 4.78 is 55.3. The van der Waals surface area contributed by atoms with E-state index >= 15 is 0 Å². The first-order chi connectivity index (χ1) is 33.5. The normalized spacial score (nSPS) is 19.4. The number of hydrogen-bond donors (Lipinski definition) is 2. The quantitative estimate of drug-likeness (QED) is 0.0626. The lowest BCUT2D eigenvalue weighted by Crippen LogP contribution is -2.37. The van der Waals surface area contributed by atoms with Gasteiger partial charge in [-0.05, 0) is 161 Å². The molecule has 4 heterocycles. The number of halogens is 4. The molecular formula is C54H60F4N8O3. The van der Waals surface area contributed by atoms with Crippen LogP contribution in [-0.4, -0.2) is 70.2 Å². The van der Waals surface area contributed by atoms with Crippen molar-refractivity contribution in [1.82, 2.24) is 24.4 Å². The third-order valence-electron chi connectivity index (χ3n) is 13.2. The Morgan fingerprint density at radius 1 is 0.565 bits per heavy atom. The van der Waals surface area contributed by atoms with Crippen molar-refractivity contribution in [2.75, 3.05) is 42.5 Å². The Kier molecular flexibility index (Phi) is 16.5. The maximum Gasteiger partial charge on any atom is 0.298 e. The van der Waals surface area contributed by atoms with Crippen LogP contribution in [0.15, 0.2) is 119 Å². The number of anilines is 2. The van der Waals surface area contributed by atoms with Crippen molar-refractivity contribution in [2.45, 2.75) is 101 Å². The minimum Gasteiger partial charge on any atom is -0.352 e. The summed E-state index contributed by atoms with van der Waals surface area (Å²) in [4.78, 5) is 50.2. The number of piperidine rings is 2. The monoisotopic (exact) mass is 944 g/mol. The third-order valence-corrected chi connectivity index (χ3v) is 13.2. The molecule has 0 spiro atoms. The van der Waals surface area contributed by atoms with Crippen LogP contribution in [0.4, 0.5) is 29.2 Å². The number of carbonyl (C=O) groups excluding carboxylic acids is 1. The van der Waals surface area contributed by atoms with Gasteiger partial charge in [-0.15, -0.1) is 0 Å². The van der Waals surface area contributed by atoms with Crippen LogP contribution in [0.2, 0.25) is 0 Å². The molecule has 0 radical (unpaired) electrons. The minimum absolute atomic E-state index is 0.157. The molecule has 2 aliphatic carbocycles. The lowest BCUT2D eigenvalue weighted by atomic mass is 10.1. The van der Waals surface area contributed by atoms with E-state index in [1.54, 1.807) is 41.2 Å². The van der Waals surface area contributed by atoms with Gasteiger partial charge in [0.2, 0.25) is 0 Å². The Morgan fingerprint density at radius 3 is 1.39 bits per heavy atom. The molecule has 0 amide bonds. The van der Waals surface area contributed by atoms with E-state index in [0.29, 0.717) is 65.5 Å². The first-order valence-electron chi connectivity index (χ1n) is 24.2. The van der Waals surface area contributed by atoms with E-state index in [1.165, 1.54) is 70.6 Å². The van der Waals surface area contributed by atoms with Crippen molar-refractivity contribution in [3.63, 3.8) is 0 Å². The van der Waals surface area contributed by atoms with Crippen LogP contribution in [0.25, 0.3) is 11.4 Å². The number of carbonyl (C=O) groups is 1. The Hall–Kier alpha value is -6.45. The van der Waals surface area contributed by atoms with Gasteiger partial charge in [-0.2, -0.15) is 0 Å². The van der Waals surface area contributed by atoms with E-state index < -0.39 is 0 Å². The van der Waals surface area contributed by atoms with Gasteiger partial charge in [-0.3, -0.25) is 18.7 Å². The van der Waals surface area contributed by atoms with E-state index in [9.17, 15) is 31.9 Å². The van der Waals surface area contributed by atoms with Gasteiger partial charge in [0.15, 0.2) is 11.6 Å². The summed E-state index contributed by atoms with van der Waals surface area (Å²) in [6.45, 7) is 4.14. The molecular weight excluding hydrogens is 885 g/mol. The van der Waals surface area contributed by atoms with Gasteiger partial charge < -0.3 is 25.6 Å². The molecule has 11 nitrogen and oxygen atoms in total. The van der Waals surface area contributed by atoms with Crippen molar-refractivity contribution in [3.8, 4) is 11.4 Å². The molecule has 69 heavy (non-hydrogen) atoms. The number of benzene rings is 4. The molecule has 4 fully saturated rings. The molecule has 362 valence electrons. The molecule has 4 aliphatic rings. The highest BCUT2D eigenvalue weighted by Crippen LogP contribution is 2.41. The first-order valence-corrected chi connectivity index (χ1v) is 24.2. The molecule has 10 rings (SSSR count). The van der Waals surface area contributed by atoms with Crippen LogP contribution in [0, 0.1) is 23.3 Å². The fourth-order valence-electron chi connectivity index (χ4n) is 9.08. The molecule has 2 saturated carbocycles. The summed E-state index contributed by atoms with van der Waals surface area (Å²) >= 11 is 0. The standard InChI is InChI=1S/C27H30F2N4O.C18H20FN3O2.C9H10FN/c28-20-8-6-19(7-9-20)24-17-25(24)30-14-4-5-22-18-33(23-12-10-21(29)11-13-23)27(34)26(31-22)32-15-2-1-3-16-32;19-14-6-8-16(9-7-14)22-13-15(5-4-12-23)20-17(18(22)24)21-10-2-1-3-11-21;10-7-3-1-6(2-4-7)8-5-9(8)11/h6-13,18,24-25,30H,1-5,14-17H2;6-9,12-13H,1-5,10-11H2;1-4,8-9H,5,11H2/t24-,25+;;8-,9+/m0.0/s1. The molecule has 4 aromatic carbocycles. The molecule has 0 unspecified atom stereocenters. The van der Waals surface area contributed by atoms with Crippen molar-refractivity contribution in [2.24, 2.45) is 5.73 Å². The van der Waals surface area contributed by atoms with Gasteiger partial charge in [-0.1, -0.05) is 24.3 Å². The smallest absolute Gasteiger partial charge is 0.298 e. The SMILES string of the molecule is N[C@@H]1C[C@H]1c1ccc(F)cc1.O=CCCc1cn(-c2ccc(F)cc2)c(=O)c(N2CCCCC2)n1.O=c1c(N2CCCCC2)nc(CCCN[C@@H]2C[C@H]2c2ccc(F)cc2)cn1-c1ccc(F)cc1. The lowest BCUT2D eigenvalue weighted by molar-refractivity contribution is -0.107. The molecule has 2 saturated heterocycles. The van der Waals surface area contributed by atoms with Crippen LogP contribution in [0.1, 0.15) is 98.6 Å². The lowest BCUT2D eigenvalue weighted by Gasteiger charge is -2.28. The number of nitrogens with zero attached hydrogens (tertiary/aromatic N) is 6. The predicted octanol–water partition coefficient (Wildman–Crippen LogP) is 8.71. The third kappa shape index (κ3) is 13.2. The molecule has 2 aliphatic heterocycles. The zero-order valence-corrected chi connectivity index (χ0v) is 38.8. The number of nitrogens with two attached hydrogens (primary N) is 1. The van der Waals surface area contributed by atoms with E-state index in [0.717, 1.165) is 102 Å². The summed E-state index contributed by atoms with van der Waals surface area (Å²) in [5.41, 5.74) is 10.4. The minimum atomic E-state index is -0.349. The summed E-state index contributed by atoms with van der Waals surface area (Å²) in [7, 11) is 0. The number of aryl methyl sites for hydroxylation is 2. The van der Waals surface area contributed by atoms with Crippen molar-refractivity contribution >= 4 is 17.9 Å². The van der Waals surface area contributed by atoms with Crippen LogP contribution >= 0.6 is 0 Å². The number of aromatic nitrogens is 4. The van der Waals surface area contributed by atoms with Crippen LogP contribution in [0.5, 0.6) is 0 Å². The van der Waals surface area contributed by atoms with E-state index in [2.05, 4.69) is 15.2 Å². The van der Waals surface area contributed by atoms with Gasteiger partial charge in [0.05, 0.1) is 11.4 Å². The number of aldehydes is 1. The Morgan fingerprint density at radius 2 is 0.971 bits per heavy atom. The first kappa shape index (κ1) is 49.0. The summed E-state index contributed by atoms with van der Waals surface area (Å²) in [5, 5.41) is 3.59. The average Bonchev–Trinajstić information content (AvgIpc) is 4.32. The Balaban J connectivity index is 0.000000158. The highest BCUT2D eigenvalue weighted by molar-refractivity contribution is 5.50. The molecule has 15 heteroatoms. The van der Waals surface area contributed by atoms with Crippen LogP contribution in [-0.2, 0) is 17.6 Å². The van der Waals surface area contributed by atoms with Crippen molar-refractivity contribution in [1.29, 1.82) is 0 Å². The second kappa shape index (κ2) is 23.2. The fourth-order valence-corrected chi connectivity index (χ4v) is 9.08. The van der Waals surface area contributed by atoms with E-state index in [1.807, 2.05) is 29.2 Å². The van der Waals surface area contributed by atoms with Gasteiger partial charge in [-0.25, -0.2) is 27.5 Å². The Labute approximate surface area is 400 Å². The maximum atomic E-state index is 13.5. The summed E-state index contributed by atoms with van der Waals surface area (Å²) in [5.74, 6) is 0.789. The Bertz CT molecular complexity index is 2740. The van der Waals surface area contributed by atoms with Gasteiger partial charge >= 0.3 is 0 Å². The molecule has 6 aromatic rings. The number of nitrogens with one attached hydrogen (secondary N) is 1. The zero-order chi connectivity index (χ0) is 48.3. The van der Waals surface area contributed by atoms with Crippen molar-refractivity contribution in [3.05, 3.63) is 176 Å². The second-order valence-electron chi connectivity index (χ2n) is 18.3. The van der Waals surface area contributed by atoms with E-state index in [4.69, 9.17) is 10.7 Å². The van der Waals surface area contributed by atoms with Gasteiger partial charge in [0.1, 0.15) is 29.6 Å².